The number of nitrogens with one attached hydrogen (secondary N) is 2. The fraction of sp³-hybridized carbons (Fsp3) is 0.500. The summed E-state index contributed by atoms with van der Waals surface area (Å²) in [4.78, 5) is 17.6. The van der Waals surface area contributed by atoms with E-state index in [1.54, 1.807) is 0 Å². The van der Waals surface area contributed by atoms with Crippen LogP contribution in [0, 0.1) is 0 Å². The molecule has 1 aliphatic carbocycles. The summed E-state index contributed by atoms with van der Waals surface area (Å²) in [5.74, 6) is 0.812. The van der Waals surface area contributed by atoms with E-state index >= 15 is 0 Å². The van der Waals surface area contributed by atoms with Gasteiger partial charge in [-0.15, -0.1) is 0 Å². The number of carbonyl (C=O) groups excluding carboxylic acids is 1. The molecule has 1 amide bonds. The number of H-pyrrole nitrogens is 1. The van der Waals surface area contributed by atoms with E-state index in [4.69, 9.17) is 0 Å². The number of aromatic amines is 1. The van der Waals surface area contributed by atoms with Crippen LogP contribution in [0.2, 0.25) is 0 Å². The van der Waals surface area contributed by atoms with Gasteiger partial charge in [0.25, 0.3) is 0 Å². The molecule has 0 spiro atoms. The number of rotatable bonds is 4. The number of amides is 1. The number of fused-ring (bicyclic) bond motifs is 1. The van der Waals surface area contributed by atoms with Crippen molar-refractivity contribution in [3.05, 3.63) is 36.0 Å². The third kappa shape index (κ3) is 2.88. The van der Waals surface area contributed by atoms with Crippen LogP contribution in [-0.4, -0.2) is 41.5 Å². The molecule has 2 aliphatic rings. The molecule has 4 heteroatoms. The molecule has 1 aromatic heterocycles. The zero-order chi connectivity index (χ0) is 14.9. The molecule has 1 aromatic carbocycles. The number of likely N-dealkylation sites (tertiary alicyclic amines) is 1. The fourth-order valence-corrected chi connectivity index (χ4v) is 3.54. The minimum Gasteiger partial charge on any atom is -0.361 e. The van der Waals surface area contributed by atoms with Gasteiger partial charge in [0.1, 0.15) is 0 Å². The molecule has 0 bridgehead atoms. The Hall–Kier alpha value is -1.81. The van der Waals surface area contributed by atoms with Crippen molar-refractivity contribution in [2.45, 2.75) is 37.6 Å². The van der Waals surface area contributed by atoms with E-state index in [1.807, 2.05) is 0 Å². The van der Waals surface area contributed by atoms with Crippen molar-refractivity contribution in [3.8, 4) is 0 Å². The van der Waals surface area contributed by atoms with Crippen molar-refractivity contribution in [2.75, 3.05) is 19.6 Å². The Morgan fingerprint density at radius 3 is 2.73 bits per heavy atom. The quantitative estimate of drug-likeness (QED) is 0.911. The van der Waals surface area contributed by atoms with Gasteiger partial charge < -0.3 is 10.3 Å². The van der Waals surface area contributed by atoms with Crippen molar-refractivity contribution >= 4 is 16.8 Å². The van der Waals surface area contributed by atoms with Gasteiger partial charge in [0.2, 0.25) is 5.91 Å². The first-order chi connectivity index (χ1) is 10.8. The van der Waals surface area contributed by atoms with Crippen LogP contribution in [0.1, 0.15) is 37.2 Å². The number of para-hydroxylation sites is 1. The molecule has 0 unspecified atom stereocenters. The second-order valence-electron chi connectivity index (χ2n) is 6.68. The predicted molar refractivity (Wildman–Crippen MR) is 87.9 cm³/mol. The van der Waals surface area contributed by atoms with Gasteiger partial charge in [0, 0.05) is 23.1 Å². The Labute approximate surface area is 130 Å². The summed E-state index contributed by atoms with van der Waals surface area (Å²) >= 11 is 0. The number of piperidine rings is 1. The van der Waals surface area contributed by atoms with Gasteiger partial charge in [-0.3, -0.25) is 9.69 Å². The number of benzene rings is 1. The molecule has 2 heterocycles. The van der Waals surface area contributed by atoms with Crippen molar-refractivity contribution in [3.63, 3.8) is 0 Å². The van der Waals surface area contributed by atoms with Crippen LogP contribution in [0.4, 0.5) is 0 Å². The van der Waals surface area contributed by atoms with Crippen LogP contribution < -0.4 is 5.32 Å². The summed E-state index contributed by atoms with van der Waals surface area (Å²) < 4.78 is 0. The molecule has 22 heavy (non-hydrogen) atoms. The predicted octanol–water partition coefficient (Wildman–Crippen LogP) is 2.63. The first-order valence-electron chi connectivity index (χ1n) is 8.37. The molecule has 2 aromatic rings. The maximum absolute atomic E-state index is 11.9. The monoisotopic (exact) mass is 297 g/mol. The summed E-state index contributed by atoms with van der Waals surface area (Å²) in [6.45, 7) is 2.60. The fourth-order valence-electron chi connectivity index (χ4n) is 3.54. The lowest BCUT2D eigenvalue weighted by Crippen LogP contribution is -2.41. The molecule has 0 atom stereocenters. The van der Waals surface area contributed by atoms with Crippen molar-refractivity contribution in [1.29, 1.82) is 0 Å². The van der Waals surface area contributed by atoms with Gasteiger partial charge in [-0.2, -0.15) is 0 Å². The van der Waals surface area contributed by atoms with Gasteiger partial charge in [-0.25, -0.2) is 0 Å². The van der Waals surface area contributed by atoms with E-state index < -0.39 is 0 Å². The Morgan fingerprint density at radius 1 is 1.18 bits per heavy atom. The summed E-state index contributed by atoms with van der Waals surface area (Å²) in [6, 6.07) is 8.99. The lowest BCUT2D eigenvalue weighted by Gasteiger charge is -2.31. The van der Waals surface area contributed by atoms with Crippen molar-refractivity contribution in [1.82, 2.24) is 15.2 Å². The number of hydrogen-bond acceptors (Lipinski definition) is 2. The first-order valence-corrected chi connectivity index (χ1v) is 8.37. The standard InChI is InChI=1S/C18H23N3O/c22-18(20-14-5-6-14)12-21-9-7-13(8-10-21)16-11-19-17-4-2-1-3-15(16)17/h1-4,11,13-14,19H,5-10,12H2,(H,20,22). The molecule has 4 rings (SSSR count). The SMILES string of the molecule is O=C(CN1CCC(c2c[nH]c3ccccc23)CC1)NC1CC1. The van der Waals surface area contributed by atoms with Crippen LogP contribution >= 0.6 is 0 Å². The highest BCUT2D eigenvalue weighted by atomic mass is 16.2. The topological polar surface area (TPSA) is 48.1 Å². The van der Waals surface area contributed by atoms with E-state index in [2.05, 4.69) is 45.7 Å². The van der Waals surface area contributed by atoms with Gasteiger partial charge in [0.05, 0.1) is 6.54 Å². The normalized spacial score (nSPS) is 20.4. The summed E-state index contributed by atoms with van der Waals surface area (Å²) in [6.07, 6.45) is 6.77. The summed E-state index contributed by atoms with van der Waals surface area (Å²) in [5.41, 5.74) is 2.67. The third-order valence-corrected chi connectivity index (χ3v) is 4.96. The highest BCUT2D eigenvalue weighted by Gasteiger charge is 2.26. The van der Waals surface area contributed by atoms with E-state index in [0.29, 0.717) is 18.5 Å². The van der Waals surface area contributed by atoms with E-state index in [0.717, 1.165) is 38.8 Å². The van der Waals surface area contributed by atoms with Crippen LogP contribution in [0.15, 0.2) is 30.5 Å². The molecular formula is C18H23N3O. The number of aromatic nitrogens is 1. The number of nitrogens with zero attached hydrogens (tertiary/aromatic N) is 1. The first kappa shape index (κ1) is 13.8. The maximum Gasteiger partial charge on any atom is 0.234 e. The van der Waals surface area contributed by atoms with Crippen LogP contribution in [0.3, 0.4) is 0 Å². The molecule has 1 saturated carbocycles. The highest BCUT2D eigenvalue weighted by molar-refractivity contribution is 5.83. The van der Waals surface area contributed by atoms with Crippen LogP contribution in [0.5, 0.6) is 0 Å². The zero-order valence-corrected chi connectivity index (χ0v) is 12.8. The third-order valence-electron chi connectivity index (χ3n) is 4.96. The van der Waals surface area contributed by atoms with Crippen molar-refractivity contribution in [2.24, 2.45) is 0 Å². The second kappa shape index (κ2) is 5.76. The zero-order valence-electron chi connectivity index (χ0n) is 12.8. The smallest absolute Gasteiger partial charge is 0.234 e. The minimum atomic E-state index is 0.202. The molecule has 2 N–H and O–H groups in total. The molecular weight excluding hydrogens is 274 g/mol. The maximum atomic E-state index is 11.9. The number of carbonyl (C=O) groups is 1. The van der Waals surface area contributed by atoms with Gasteiger partial charge in [0.15, 0.2) is 0 Å². The minimum absolute atomic E-state index is 0.202. The van der Waals surface area contributed by atoms with E-state index in [9.17, 15) is 4.79 Å². The molecule has 4 nitrogen and oxygen atoms in total. The highest BCUT2D eigenvalue weighted by Crippen LogP contribution is 2.32. The average Bonchev–Trinajstić information content (AvgIpc) is 3.24. The van der Waals surface area contributed by atoms with E-state index in [-0.39, 0.29) is 5.91 Å². The Morgan fingerprint density at radius 2 is 1.95 bits per heavy atom. The van der Waals surface area contributed by atoms with Gasteiger partial charge >= 0.3 is 0 Å². The molecule has 1 saturated heterocycles. The lowest BCUT2D eigenvalue weighted by atomic mass is 9.89. The molecule has 116 valence electrons. The Balaban J connectivity index is 1.36. The van der Waals surface area contributed by atoms with Gasteiger partial charge in [-0.1, -0.05) is 18.2 Å². The van der Waals surface area contributed by atoms with Crippen LogP contribution in [-0.2, 0) is 4.79 Å². The summed E-state index contributed by atoms with van der Waals surface area (Å²) in [5, 5.41) is 4.43. The summed E-state index contributed by atoms with van der Waals surface area (Å²) in [7, 11) is 0. The van der Waals surface area contributed by atoms with E-state index in [1.165, 1.54) is 16.5 Å². The average molecular weight is 297 g/mol. The van der Waals surface area contributed by atoms with Crippen LogP contribution in [0.25, 0.3) is 10.9 Å². The Kier molecular flexibility index (Phi) is 3.62. The molecule has 1 aliphatic heterocycles. The van der Waals surface area contributed by atoms with Crippen molar-refractivity contribution < 1.29 is 4.79 Å². The van der Waals surface area contributed by atoms with Gasteiger partial charge in [-0.05, 0) is 56.3 Å². The molecule has 0 radical (unpaired) electrons. The molecule has 2 fully saturated rings. The number of hydrogen-bond donors (Lipinski definition) is 2. The lowest BCUT2D eigenvalue weighted by molar-refractivity contribution is -0.122. The second-order valence-corrected chi connectivity index (χ2v) is 6.68. The Bertz CT molecular complexity index is 666. The largest absolute Gasteiger partial charge is 0.361 e.